The number of benzene rings is 1. The lowest BCUT2D eigenvalue weighted by molar-refractivity contribution is -0.146. The van der Waals surface area contributed by atoms with Gasteiger partial charge < -0.3 is 19.3 Å². The first-order valence-electron chi connectivity index (χ1n) is 7.85. The first kappa shape index (κ1) is 16.3. The predicted molar refractivity (Wildman–Crippen MR) is 89.6 cm³/mol. The molecule has 2 unspecified atom stereocenters. The fourth-order valence-corrected chi connectivity index (χ4v) is 3.18. The second-order valence-electron chi connectivity index (χ2n) is 6.00. The number of amides is 1. The number of ether oxygens (including phenoxy) is 1. The maximum atomic E-state index is 12.5. The molecule has 0 radical (unpaired) electrons. The molecule has 124 valence electrons. The van der Waals surface area contributed by atoms with E-state index in [1.165, 1.54) is 0 Å². The van der Waals surface area contributed by atoms with Crippen LogP contribution in [0.5, 0.6) is 0 Å². The molecule has 5 nitrogen and oxygen atoms in total. The zero-order valence-electron chi connectivity index (χ0n) is 13.1. The molecular weight excluding hydrogens is 316 g/mol. The van der Waals surface area contributed by atoms with Crippen LogP contribution in [0, 0.1) is 0 Å². The molecule has 1 fully saturated rings. The van der Waals surface area contributed by atoms with Gasteiger partial charge in [-0.15, -0.1) is 0 Å². The highest BCUT2D eigenvalue weighted by Gasteiger charge is 2.28. The van der Waals surface area contributed by atoms with Crippen molar-refractivity contribution in [1.29, 1.82) is 0 Å². The van der Waals surface area contributed by atoms with Crippen LogP contribution in [0.1, 0.15) is 13.3 Å². The third-order valence-electron chi connectivity index (χ3n) is 4.33. The number of halogens is 1. The third kappa shape index (κ3) is 3.52. The Bertz CT molecular complexity index is 700. The molecule has 2 aromatic rings. The molecular formula is C17H21ClN2O3. The normalized spacial score (nSPS) is 21.8. The Morgan fingerprint density at radius 1 is 1.43 bits per heavy atom. The smallest absolute Gasteiger partial charge is 0.224 e. The van der Waals surface area contributed by atoms with Crippen molar-refractivity contribution in [1.82, 2.24) is 9.47 Å². The molecule has 2 atom stereocenters. The molecule has 1 aromatic carbocycles. The lowest BCUT2D eigenvalue weighted by Gasteiger charge is -2.37. The summed E-state index contributed by atoms with van der Waals surface area (Å²) in [7, 11) is 0. The number of aryl methyl sites for hydroxylation is 1. The highest BCUT2D eigenvalue weighted by Crippen LogP contribution is 2.21. The van der Waals surface area contributed by atoms with Crippen molar-refractivity contribution in [3.8, 4) is 0 Å². The average Bonchev–Trinajstić information content (AvgIpc) is 2.95. The number of aliphatic hydroxyl groups excluding tert-OH is 1. The lowest BCUT2D eigenvalue weighted by Crippen LogP contribution is -2.52. The van der Waals surface area contributed by atoms with Crippen molar-refractivity contribution in [2.45, 2.75) is 32.0 Å². The van der Waals surface area contributed by atoms with Gasteiger partial charge in [0.2, 0.25) is 5.91 Å². The fourth-order valence-electron chi connectivity index (χ4n) is 3.00. The zero-order chi connectivity index (χ0) is 16.4. The van der Waals surface area contributed by atoms with Crippen molar-refractivity contribution >= 4 is 28.4 Å². The van der Waals surface area contributed by atoms with Crippen molar-refractivity contribution in [3.63, 3.8) is 0 Å². The van der Waals surface area contributed by atoms with Crippen LogP contribution in [-0.4, -0.2) is 52.4 Å². The van der Waals surface area contributed by atoms with Crippen LogP contribution in [0.3, 0.4) is 0 Å². The van der Waals surface area contributed by atoms with Gasteiger partial charge in [-0.05, 0) is 31.2 Å². The van der Waals surface area contributed by atoms with Crippen molar-refractivity contribution in [3.05, 3.63) is 35.5 Å². The summed E-state index contributed by atoms with van der Waals surface area (Å²) in [4.78, 5) is 14.3. The second-order valence-corrected chi connectivity index (χ2v) is 6.43. The van der Waals surface area contributed by atoms with E-state index >= 15 is 0 Å². The summed E-state index contributed by atoms with van der Waals surface area (Å²) in [5.41, 5.74) is 1.07. The number of aliphatic hydroxyl groups is 1. The molecule has 2 heterocycles. The standard InChI is InChI=1S/C17H21ClN2O3/c1-12-11-23-15(10-21)9-20(12)17(22)5-7-19-6-4-13-8-14(18)2-3-16(13)19/h2-4,6,8,12,15,21H,5,7,9-11H2,1H3. The number of morpholine rings is 1. The van der Waals surface area contributed by atoms with Crippen LogP contribution in [0.4, 0.5) is 0 Å². The number of hydrogen-bond acceptors (Lipinski definition) is 3. The van der Waals surface area contributed by atoms with Gasteiger partial charge >= 0.3 is 0 Å². The van der Waals surface area contributed by atoms with Gasteiger partial charge in [-0.2, -0.15) is 0 Å². The number of fused-ring (bicyclic) bond motifs is 1. The number of rotatable bonds is 4. The summed E-state index contributed by atoms with van der Waals surface area (Å²) in [6.45, 7) is 3.47. The molecule has 6 heteroatoms. The Kier molecular flexibility index (Phi) is 4.90. The van der Waals surface area contributed by atoms with E-state index in [-0.39, 0.29) is 24.7 Å². The van der Waals surface area contributed by atoms with Gasteiger partial charge in [0.05, 0.1) is 25.4 Å². The van der Waals surface area contributed by atoms with E-state index in [1.807, 2.05) is 42.3 Å². The molecule has 1 aromatic heterocycles. The largest absolute Gasteiger partial charge is 0.394 e. The quantitative estimate of drug-likeness (QED) is 0.932. The van der Waals surface area contributed by atoms with Crippen molar-refractivity contribution < 1.29 is 14.6 Å². The molecule has 3 rings (SSSR count). The predicted octanol–water partition coefficient (Wildman–Crippen LogP) is 2.29. The monoisotopic (exact) mass is 336 g/mol. The van der Waals surface area contributed by atoms with E-state index in [4.69, 9.17) is 16.3 Å². The maximum Gasteiger partial charge on any atom is 0.224 e. The molecule has 1 N–H and O–H groups in total. The molecule has 23 heavy (non-hydrogen) atoms. The van der Waals surface area contributed by atoms with E-state index in [2.05, 4.69) is 4.57 Å². The van der Waals surface area contributed by atoms with Gasteiger partial charge in [-0.3, -0.25) is 4.79 Å². The summed E-state index contributed by atoms with van der Waals surface area (Å²) in [5.74, 6) is 0.0927. The highest BCUT2D eigenvalue weighted by molar-refractivity contribution is 6.31. The second kappa shape index (κ2) is 6.91. The summed E-state index contributed by atoms with van der Waals surface area (Å²) in [6.07, 6.45) is 2.13. The van der Waals surface area contributed by atoms with Gasteiger partial charge in [0.15, 0.2) is 0 Å². The van der Waals surface area contributed by atoms with Crippen molar-refractivity contribution in [2.75, 3.05) is 19.8 Å². The molecule has 1 aliphatic rings. The summed E-state index contributed by atoms with van der Waals surface area (Å²) >= 11 is 6.00. The Morgan fingerprint density at radius 2 is 2.26 bits per heavy atom. The van der Waals surface area contributed by atoms with E-state index in [0.717, 1.165) is 10.9 Å². The first-order valence-corrected chi connectivity index (χ1v) is 8.22. The number of nitrogens with zero attached hydrogens (tertiary/aromatic N) is 2. The third-order valence-corrected chi connectivity index (χ3v) is 4.56. The van der Waals surface area contributed by atoms with Crippen LogP contribution in [0.2, 0.25) is 5.02 Å². The van der Waals surface area contributed by atoms with Crippen LogP contribution in [-0.2, 0) is 16.1 Å². The number of carbonyl (C=O) groups excluding carboxylic acids is 1. The van der Waals surface area contributed by atoms with Gasteiger partial charge in [0.1, 0.15) is 0 Å². The van der Waals surface area contributed by atoms with E-state index in [9.17, 15) is 9.90 Å². The Balaban J connectivity index is 1.65. The first-order chi connectivity index (χ1) is 11.1. The highest BCUT2D eigenvalue weighted by atomic mass is 35.5. The Labute approximate surface area is 140 Å². The van der Waals surface area contributed by atoms with Crippen LogP contribution >= 0.6 is 11.6 Å². The zero-order valence-corrected chi connectivity index (χ0v) is 13.9. The molecule has 0 aliphatic carbocycles. The lowest BCUT2D eigenvalue weighted by atomic mass is 10.2. The Hall–Kier alpha value is -1.56. The summed E-state index contributed by atoms with van der Waals surface area (Å²) < 4.78 is 7.55. The van der Waals surface area contributed by atoms with Gasteiger partial charge in [-0.1, -0.05) is 11.6 Å². The topological polar surface area (TPSA) is 54.7 Å². The SMILES string of the molecule is CC1COC(CO)CN1C(=O)CCn1ccc2cc(Cl)ccc21. The number of carbonyl (C=O) groups is 1. The van der Waals surface area contributed by atoms with E-state index in [0.29, 0.717) is 31.1 Å². The van der Waals surface area contributed by atoms with Crippen LogP contribution < -0.4 is 0 Å². The molecule has 0 spiro atoms. The number of aromatic nitrogens is 1. The minimum absolute atomic E-state index is 0.0468. The minimum Gasteiger partial charge on any atom is -0.394 e. The Morgan fingerprint density at radius 3 is 3.04 bits per heavy atom. The van der Waals surface area contributed by atoms with Crippen LogP contribution in [0.25, 0.3) is 10.9 Å². The maximum absolute atomic E-state index is 12.5. The summed E-state index contributed by atoms with van der Waals surface area (Å²) in [5, 5.41) is 11.0. The molecule has 1 saturated heterocycles. The number of hydrogen-bond donors (Lipinski definition) is 1. The molecule has 0 bridgehead atoms. The molecule has 1 aliphatic heterocycles. The van der Waals surface area contributed by atoms with Crippen LogP contribution in [0.15, 0.2) is 30.5 Å². The summed E-state index contributed by atoms with van der Waals surface area (Å²) in [6, 6.07) is 7.81. The van der Waals surface area contributed by atoms with Gasteiger partial charge in [-0.25, -0.2) is 0 Å². The molecule has 1 amide bonds. The molecule has 0 saturated carbocycles. The van der Waals surface area contributed by atoms with Gasteiger partial charge in [0, 0.05) is 41.6 Å². The average molecular weight is 337 g/mol. The van der Waals surface area contributed by atoms with Crippen molar-refractivity contribution in [2.24, 2.45) is 0 Å². The van der Waals surface area contributed by atoms with Gasteiger partial charge in [0.25, 0.3) is 0 Å². The van der Waals surface area contributed by atoms with E-state index in [1.54, 1.807) is 0 Å². The fraction of sp³-hybridized carbons (Fsp3) is 0.471. The van der Waals surface area contributed by atoms with E-state index < -0.39 is 0 Å². The minimum atomic E-state index is -0.273.